The molecule has 0 radical (unpaired) electrons. The van der Waals surface area contributed by atoms with E-state index >= 15 is 0 Å². The molecule has 0 aromatic heterocycles. The number of nitrogens with one attached hydrogen (secondary N) is 1. The molecule has 5 nitrogen and oxygen atoms in total. The van der Waals surface area contributed by atoms with Gasteiger partial charge < -0.3 is 9.80 Å². The Morgan fingerprint density at radius 1 is 1.09 bits per heavy atom. The zero-order valence-electron chi connectivity index (χ0n) is 25.5. The molecule has 3 atom stereocenters. The summed E-state index contributed by atoms with van der Waals surface area (Å²) in [6, 6.07) is 22.4. The minimum atomic E-state index is -0.116. The summed E-state index contributed by atoms with van der Waals surface area (Å²) in [5.74, 6) is 0.915. The second kappa shape index (κ2) is 15.8. The molecule has 1 saturated carbocycles. The Morgan fingerprint density at radius 2 is 1.88 bits per heavy atom. The zero-order valence-corrected chi connectivity index (χ0v) is 27.9. The minimum absolute atomic E-state index is 0.102. The number of amidine groups is 1. The van der Waals surface area contributed by atoms with Gasteiger partial charge in [0.15, 0.2) is 0 Å². The van der Waals surface area contributed by atoms with Crippen LogP contribution in [0.15, 0.2) is 89.4 Å². The first-order valence-corrected chi connectivity index (χ1v) is 16.7. The van der Waals surface area contributed by atoms with E-state index in [-0.39, 0.29) is 23.8 Å². The fraction of sp³-hybridized carbons (Fsp3) is 0.371. The van der Waals surface area contributed by atoms with Crippen molar-refractivity contribution in [3.63, 3.8) is 0 Å². The van der Waals surface area contributed by atoms with Crippen LogP contribution in [0, 0.1) is 5.92 Å². The van der Waals surface area contributed by atoms with E-state index < -0.39 is 0 Å². The highest BCUT2D eigenvalue weighted by Gasteiger charge is 2.47. The molecule has 1 N–H and O–H groups in total. The number of halogens is 2. The fourth-order valence-electron chi connectivity index (χ4n) is 5.53. The van der Waals surface area contributed by atoms with Gasteiger partial charge in [0.2, 0.25) is 5.91 Å². The predicted octanol–water partition coefficient (Wildman–Crippen LogP) is 9.32. The Bertz CT molecular complexity index is 1440. The van der Waals surface area contributed by atoms with Crippen LogP contribution < -0.4 is 9.62 Å². The number of carbonyl (C=O) groups excluding carboxylic acids is 1. The Hall–Kier alpha value is -2.77. The molecule has 0 aliphatic heterocycles. The van der Waals surface area contributed by atoms with Crippen LogP contribution in [0.1, 0.15) is 68.7 Å². The third-order valence-electron chi connectivity index (χ3n) is 7.87. The fourth-order valence-corrected chi connectivity index (χ4v) is 6.92. The topological polar surface area (TPSA) is 47.9 Å². The van der Waals surface area contributed by atoms with Gasteiger partial charge in [0.05, 0.1) is 6.54 Å². The highest BCUT2D eigenvalue weighted by atomic mass is 35.5. The van der Waals surface area contributed by atoms with Crippen LogP contribution in [-0.4, -0.2) is 36.8 Å². The molecule has 0 bridgehead atoms. The lowest BCUT2D eigenvalue weighted by atomic mass is 9.87. The van der Waals surface area contributed by atoms with Crippen molar-refractivity contribution >= 4 is 52.6 Å². The van der Waals surface area contributed by atoms with Gasteiger partial charge in [-0.1, -0.05) is 74.0 Å². The van der Waals surface area contributed by atoms with E-state index in [1.807, 2.05) is 80.1 Å². The lowest BCUT2D eigenvalue weighted by Crippen LogP contribution is -2.41. The molecule has 2 aliphatic rings. The summed E-state index contributed by atoms with van der Waals surface area (Å²) < 4.78 is 3.67. The van der Waals surface area contributed by atoms with E-state index in [9.17, 15) is 4.79 Å². The Balaban J connectivity index is 0.00000207. The highest BCUT2D eigenvalue weighted by molar-refractivity contribution is 7.97. The standard InChI is InChI=1S/C33H36Cl2N4OS.C2H6/c1-4-36-32(38(3)5-2)21-39(33(40)29-20-28(29)26-13-6-7-14-30(26)35)24-17-16-22-10-8-15-31(27(22)19-24)37-41-25-12-9-11-23(34)18-25;1-2/h5-7,9,11-14,16-19,28-29,31,37H,2,4,8,10,15,20-21H2,1,3H3;1-2H3. The molecule has 3 aromatic carbocycles. The summed E-state index contributed by atoms with van der Waals surface area (Å²) in [6.07, 6.45) is 5.70. The number of rotatable bonds is 10. The molecule has 43 heavy (non-hydrogen) atoms. The molecule has 3 unspecified atom stereocenters. The van der Waals surface area contributed by atoms with Crippen LogP contribution in [-0.2, 0) is 11.2 Å². The molecule has 1 amide bonds. The number of anilines is 1. The van der Waals surface area contributed by atoms with Crippen molar-refractivity contribution in [3.8, 4) is 0 Å². The Labute approximate surface area is 271 Å². The van der Waals surface area contributed by atoms with E-state index in [1.165, 1.54) is 11.1 Å². The number of amides is 1. The third kappa shape index (κ3) is 8.24. The number of benzene rings is 3. The first-order chi connectivity index (χ1) is 20.9. The summed E-state index contributed by atoms with van der Waals surface area (Å²) in [4.78, 5) is 23.8. The number of aryl methyl sites for hydroxylation is 1. The summed E-state index contributed by atoms with van der Waals surface area (Å²) in [5, 5.41) is 1.44. The number of hydrogen-bond donors (Lipinski definition) is 1. The molecular formula is C35H42Cl2N4OS. The molecule has 0 saturated heterocycles. The number of aliphatic imine (C=N–C) groups is 1. The number of fused-ring (bicyclic) bond motifs is 1. The van der Waals surface area contributed by atoms with E-state index in [0.717, 1.165) is 57.7 Å². The number of nitrogens with zero attached hydrogens (tertiary/aromatic N) is 3. The van der Waals surface area contributed by atoms with Gasteiger partial charge in [-0.2, -0.15) is 0 Å². The maximum atomic E-state index is 14.2. The molecule has 2 aliphatic carbocycles. The second-order valence-corrected chi connectivity index (χ2v) is 12.3. The van der Waals surface area contributed by atoms with Crippen LogP contribution in [0.3, 0.4) is 0 Å². The average Bonchev–Trinajstić information content (AvgIpc) is 3.83. The molecule has 228 valence electrons. The van der Waals surface area contributed by atoms with Crippen molar-refractivity contribution < 1.29 is 4.79 Å². The SMILES string of the molecule is C=CN(C)C(CN(C(=O)C1CC1c1ccccc1Cl)c1ccc2c(c1)C(NSc1cccc(Cl)c1)CCC2)=NCC.CC. The number of hydrogen-bond acceptors (Lipinski definition) is 4. The van der Waals surface area contributed by atoms with Gasteiger partial charge in [0, 0.05) is 46.2 Å². The molecule has 3 aromatic rings. The molecular weight excluding hydrogens is 595 g/mol. The summed E-state index contributed by atoms with van der Waals surface area (Å²) in [7, 11) is 1.92. The van der Waals surface area contributed by atoms with Gasteiger partial charge in [0.1, 0.15) is 5.84 Å². The summed E-state index contributed by atoms with van der Waals surface area (Å²) in [6.45, 7) is 10.9. The van der Waals surface area contributed by atoms with Crippen molar-refractivity contribution in [2.75, 3.05) is 25.0 Å². The highest BCUT2D eigenvalue weighted by Crippen LogP contribution is 2.51. The first kappa shape index (κ1) is 33.1. The zero-order chi connectivity index (χ0) is 30.9. The van der Waals surface area contributed by atoms with Crippen LogP contribution in [0.5, 0.6) is 0 Å². The van der Waals surface area contributed by atoms with Gasteiger partial charge in [-0.3, -0.25) is 14.5 Å². The predicted molar refractivity (Wildman–Crippen MR) is 185 cm³/mol. The molecule has 5 rings (SSSR count). The molecule has 1 fully saturated rings. The van der Waals surface area contributed by atoms with Gasteiger partial charge in [-0.15, -0.1) is 0 Å². The van der Waals surface area contributed by atoms with Crippen LogP contribution in [0.2, 0.25) is 10.0 Å². The van der Waals surface area contributed by atoms with E-state index in [0.29, 0.717) is 13.1 Å². The van der Waals surface area contributed by atoms with Crippen molar-refractivity contribution in [1.82, 2.24) is 9.62 Å². The summed E-state index contributed by atoms with van der Waals surface area (Å²) >= 11 is 14.3. The van der Waals surface area contributed by atoms with Crippen LogP contribution >= 0.6 is 35.1 Å². The smallest absolute Gasteiger partial charge is 0.231 e. The van der Waals surface area contributed by atoms with Crippen LogP contribution in [0.25, 0.3) is 0 Å². The normalized spacial score (nSPS) is 19.0. The molecule has 0 spiro atoms. The molecule has 8 heteroatoms. The third-order valence-corrected chi connectivity index (χ3v) is 9.34. The Morgan fingerprint density at radius 3 is 2.60 bits per heavy atom. The minimum Gasteiger partial charge on any atom is -0.339 e. The van der Waals surface area contributed by atoms with Gasteiger partial charge in [-0.25, -0.2) is 0 Å². The van der Waals surface area contributed by atoms with Crippen molar-refractivity contribution in [2.24, 2.45) is 10.9 Å². The van der Waals surface area contributed by atoms with Crippen molar-refractivity contribution in [3.05, 3.63) is 106 Å². The number of likely N-dealkylation sites (N-methyl/N-ethyl adjacent to an activating group) is 1. The second-order valence-electron chi connectivity index (χ2n) is 10.6. The van der Waals surface area contributed by atoms with Crippen molar-refractivity contribution in [1.29, 1.82) is 0 Å². The van der Waals surface area contributed by atoms with Crippen LogP contribution in [0.4, 0.5) is 5.69 Å². The average molecular weight is 638 g/mol. The Kier molecular flexibility index (Phi) is 12.2. The summed E-state index contributed by atoms with van der Waals surface area (Å²) in [5.41, 5.74) is 4.50. The first-order valence-electron chi connectivity index (χ1n) is 15.1. The van der Waals surface area contributed by atoms with Crippen molar-refractivity contribution in [2.45, 2.75) is 63.3 Å². The van der Waals surface area contributed by atoms with Gasteiger partial charge in [0.25, 0.3) is 0 Å². The van der Waals surface area contributed by atoms with E-state index in [1.54, 1.807) is 18.1 Å². The monoisotopic (exact) mass is 636 g/mol. The maximum Gasteiger partial charge on any atom is 0.231 e. The van der Waals surface area contributed by atoms with Gasteiger partial charge >= 0.3 is 0 Å². The lowest BCUT2D eigenvalue weighted by Gasteiger charge is -2.31. The van der Waals surface area contributed by atoms with E-state index in [2.05, 4.69) is 35.6 Å². The van der Waals surface area contributed by atoms with E-state index in [4.69, 9.17) is 28.2 Å². The number of carbonyl (C=O) groups is 1. The lowest BCUT2D eigenvalue weighted by molar-refractivity contribution is -0.119. The maximum absolute atomic E-state index is 14.2. The molecule has 0 heterocycles. The van der Waals surface area contributed by atoms with Gasteiger partial charge in [-0.05, 0) is 110 Å². The quantitative estimate of drug-likeness (QED) is 0.137. The largest absolute Gasteiger partial charge is 0.339 e.